The fourth-order valence-corrected chi connectivity index (χ4v) is 1.66. The molecule has 1 aromatic heterocycles. The number of benzene rings is 1. The van der Waals surface area contributed by atoms with Gasteiger partial charge in [0.2, 0.25) is 5.91 Å². The largest absolute Gasteiger partial charge is 0.461 e. The van der Waals surface area contributed by atoms with E-state index in [1.807, 2.05) is 0 Å². The van der Waals surface area contributed by atoms with E-state index >= 15 is 0 Å². The molecule has 0 amide bonds. The van der Waals surface area contributed by atoms with E-state index in [1.165, 1.54) is 11.6 Å². The van der Waals surface area contributed by atoms with Gasteiger partial charge in [0.1, 0.15) is 0 Å². The Morgan fingerprint density at radius 3 is 2.82 bits per heavy atom. The van der Waals surface area contributed by atoms with Crippen LogP contribution in [0.15, 0.2) is 24.3 Å². The lowest BCUT2D eigenvalue weighted by Crippen LogP contribution is -2.10. The molecule has 0 spiro atoms. The number of ether oxygens (including phenoxy) is 1. The Hall–Kier alpha value is -2.17. The predicted octanol–water partition coefficient (Wildman–Crippen LogP) is 1.87. The first kappa shape index (κ1) is 11.3. The normalized spacial score (nSPS) is 10.5. The van der Waals surface area contributed by atoms with E-state index in [1.54, 1.807) is 31.2 Å². The molecular formula is C12H12N2O3. The molecule has 0 radical (unpaired) electrons. The highest BCUT2D eigenvalue weighted by molar-refractivity contribution is 6.04. The van der Waals surface area contributed by atoms with E-state index in [2.05, 4.69) is 5.10 Å². The van der Waals surface area contributed by atoms with Gasteiger partial charge in [0.05, 0.1) is 12.1 Å². The van der Waals surface area contributed by atoms with Gasteiger partial charge >= 0.3 is 5.97 Å². The lowest BCUT2D eigenvalue weighted by molar-refractivity contribution is 0.0521. The summed E-state index contributed by atoms with van der Waals surface area (Å²) in [6.45, 7) is 3.40. The van der Waals surface area contributed by atoms with Crippen LogP contribution in [0.25, 0.3) is 10.9 Å². The number of carbonyl (C=O) groups is 2. The highest BCUT2D eigenvalue weighted by Crippen LogP contribution is 2.19. The zero-order valence-electron chi connectivity index (χ0n) is 9.64. The van der Waals surface area contributed by atoms with Crippen LogP contribution in [0.5, 0.6) is 0 Å². The third kappa shape index (κ3) is 1.91. The van der Waals surface area contributed by atoms with Crippen molar-refractivity contribution in [2.24, 2.45) is 0 Å². The van der Waals surface area contributed by atoms with Gasteiger partial charge in [0.15, 0.2) is 5.69 Å². The molecule has 2 aromatic rings. The van der Waals surface area contributed by atoms with E-state index in [9.17, 15) is 9.59 Å². The first-order chi connectivity index (χ1) is 8.15. The maximum atomic E-state index is 11.7. The molecule has 2 rings (SSSR count). The summed E-state index contributed by atoms with van der Waals surface area (Å²) in [5.41, 5.74) is 0.792. The molecule has 88 valence electrons. The van der Waals surface area contributed by atoms with Crippen molar-refractivity contribution in [1.29, 1.82) is 0 Å². The summed E-state index contributed by atoms with van der Waals surface area (Å²) in [6, 6.07) is 7.07. The lowest BCUT2D eigenvalue weighted by atomic mass is 10.2. The fraction of sp³-hybridized carbons (Fsp3) is 0.250. The first-order valence-corrected chi connectivity index (χ1v) is 5.31. The SMILES string of the molecule is CCO[14C](=O)c1nn(C(C)=O)c2ccccc12. The van der Waals surface area contributed by atoms with Gasteiger partial charge in [0, 0.05) is 12.3 Å². The summed E-state index contributed by atoms with van der Waals surface area (Å²) in [7, 11) is 0. The van der Waals surface area contributed by atoms with Gasteiger partial charge in [-0.3, -0.25) is 4.79 Å². The summed E-state index contributed by atoms with van der Waals surface area (Å²) < 4.78 is 6.11. The Bertz CT molecular complexity index is 586. The van der Waals surface area contributed by atoms with Crippen LogP contribution in [0.2, 0.25) is 0 Å². The molecule has 0 bridgehead atoms. The second-order valence-corrected chi connectivity index (χ2v) is 3.52. The highest BCUT2D eigenvalue weighted by atomic mass is 16.8. The van der Waals surface area contributed by atoms with Crippen molar-refractivity contribution in [2.45, 2.75) is 13.8 Å². The summed E-state index contributed by atoms with van der Waals surface area (Å²) in [5.74, 6) is -0.750. The Balaban J connectivity index is 2.64. The Morgan fingerprint density at radius 1 is 1.47 bits per heavy atom. The second kappa shape index (κ2) is 4.37. The van der Waals surface area contributed by atoms with Crippen molar-refractivity contribution in [3.8, 4) is 0 Å². The molecule has 0 fully saturated rings. The van der Waals surface area contributed by atoms with Crippen LogP contribution < -0.4 is 0 Å². The number of para-hydroxylation sites is 1. The molecule has 5 heteroatoms. The fourth-order valence-electron chi connectivity index (χ4n) is 1.66. The highest BCUT2D eigenvalue weighted by Gasteiger charge is 2.19. The maximum Gasteiger partial charge on any atom is 0.359 e. The van der Waals surface area contributed by atoms with Gasteiger partial charge in [-0.05, 0) is 13.0 Å². The summed E-state index contributed by atoms with van der Waals surface area (Å²) in [6.07, 6.45) is 0. The minimum Gasteiger partial charge on any atom is -0.461 e. The number of hydrogen-bond donors (Lipinski definition) is 0. The van der Waals surface area contributed by atoms with Gasteiger partial charge in [-0.15, -0.1) is 0 Å². The molecule has 0 N–H and O–H groups in total. The zero-order valence-corrected chi connectivity index (χ0v) is 9.64. The van der Waals surface area contributed by atoms with Crippen molar-refractivity contribution in [3.05, 3.63) is 30.0 Å². The minimum absolute atomic E-state index is 0.178. The average Bonchev–Trinajstić information content (AvgIpc) is 2.69. The molecule has 1 heterocycles. The van der Waals surface area contributed by atoms with Crippen LogP contribution in [-0.2, 0) is 4.74 Å². The van der Waals surface area contributed by atoms with Gasteiger partial charge in [-0.25, -0.2) is 4.79 Å². The van der Waals surface area contributed by atoms with E-state index in [0.717, 1.165) is 0 Å². The summed E-state index contributed by atoms with van der Waals surface area (Å²) in [4.78, 5) is 23.1. The van der Waals surface area contributed by atoms with Gasteiger partial charge in [-0.1, -0.05) is 18.2 Å². The number of hydrogen-bond acceptors (Lipinski definition) is 4. The zero-order chi connectivity index (χ0) is 12.4. The van der Waals surface area contributed by atoms with Crippen molar-refractivity contribution in [1.82, 2.24) is 9.78 Å². The molecule has 0 aliphatic heterocycles. The molecule has 0 saturated heterocycles. The summed E-state index contributed by atoms with van der Waals surface area (Å²) >= 11 is 0. The minimum atomic E-state index is -0.510. The van der Waals surface area contributed by atoms with E-state index in [-0.39, 0.29) is 18.2 Å². The standard InChI is InChI=1S/C12H12N2O3/c1-3-17-12(16)11-9-6-4-5-7-10(9)14(13-11)8(2)15/h4-7H,3H2,1-2H3/i12+2. The number of carbonyl (C=O) groups excluding carboxylic acids is 2. The van der Waals surface area contributed by atoms with Crippen molar-refractivity contribution in [2.75, 3.05) is 6.61 Å². The maximum absolute atomic E-state index is 11.7. The smallest absolute Gasteiger partial charge is 0.359 e. The van der Waals surface area contributed by atoms with Crippen molar-refractivity contribution in [3.63, 3.8) is 0 Å². The van der Waals surface area contributed by atoms with Crippen molar-refractivity contribution < 1.29 is 14.3 Å². The molecule has 0 saturated carbocycles. The molecule has 17 heavy (non-hydrogen) atoms. The third-order valence-corrected chi connectivity index (χ3v) is 2.35. The number of rotatable bonds is 2. The molecule has 0 aliphatic carbocycles. The van der Waals surface area contributed by atoms with Gasteiger partial charge in [-0.2, -0.15) is 9.78 Å². The monoisotopic (exact) mass is 234 g/mol. The van der Waals surface area contributed by atoms with Crippen LogP contribution in [0.4, 0.5) is 0 Å². The average molecular weight is 234 g/mol. The second-order valence-electron chi connectivity index (χ2n) is 3.52. The lowest BCUT2D eigenvalue weighted by Gasteiger charge is -1.97. The molecule has 1 aromatic carbocycles. The molecule has 0 unspecified atom stereocenters. The Kier molecular flexibility index (Phi) is 2.91. The predicted molar refractivity (Wildman–Crippen MR) is 62.0 cm³/mol. The van der Waals surface area contributed by atoms with Gasteiger partial charge in [0.25, 0.3) is 0 Å². The number of nitrogens with zero attached hydrogens (tertiary/aromatic N) is 2. The van der Waals surface area contributed by atoms with Gasteiger partial charge < -0.3 is 4.74 Å². The Labute approximate surface area is 98.0 Å². The molecular weight excluding hydrogens is 222 g/mol. The van der Waals surface area contributed by atoms with E-state index in [4.69, 9.17) is 4.74 Å². The number of fused-ring (bicyclic) bond motifs is 1. The third-order valence-electron chi connectivity index (χ3n) is 2.35. The first-order valence-electron chi connectivity index (χ1n) is 5.31. The van der Waals surface area contributed by atoms with Crippen LogP contribution in [0.3, 0.4) is 0 Å². The Morgan fingerprint density at radius 2 is 2.18 bits per heavy atom. The van der Waals surface area contributed by atoms with E-state index in [0.29, 0.717) is 10.9 Å². The molecule has 5 nitrogen and oxygen atoms in total. The van der Waals surface area contributed by atoms with Crippen molar-refractivity contribution >= 4 is 22.8 Å². The van der Waals surface area contributed by atoms with Crippen LogP contribution in [-0.4, -0.2) is 28.3 Å². The molecule has 0 aliphatic rings. The topological polar surface area (TPSA) is 61.2 Å². The van der Waals surface area contributed by atoms with Crippen LogP contribution >= 0.6 is 0 Å². The molecule has 0 atom stereocenters. The van der Waals surface area contributed by atoms with Crippen LogP contribution in [0.1, 0.15) is 29.1 Å². The number of esters is 1. The quantitative estimate of drug-likeness (QED) is 0.744. The number of aromatic nitrogens is 2. The summed E-state index contributed by atoms with van der Waals surface area (Å²) in [5, 5.41) is 4.63. The van der Waals surface area contributed by atoms with Crippen LogP contribution in [0, 0.1) is 0 Å². The van der Waals surface area contributed by atoms with E-state index < -0.39 is 5.97 Å².